The van der Waals surface area contributed by atoms with E-state index in [9.17, 15) is 4.79 Å². The van der Waals surface area contributed by atoms with Crippen molar-refractivity contribution in [2.75, 3.05) is 0 Å². The molecule has 1 aromatic heterocycles. The van der Waals surface area contributed by atoms with Gasteiger partial charge in [-0.1, -0.05) is 30.3 Å². The standard InChI is InChI=1S/C13H11BrN4OS/c1-9-12(19)18(13(20)17-16-9)15-8-11(14)7-10-5-3-2-4-6-10/h2-8H,1H3,(H,17,20)/b11-7-,15-8-. The van der Waals surface area contributed by atoms with Gasteiger partial charge in [-0.2, -0.15) is 14.9 Å². The van der Waals surface area contributed by atoms with E-state index in [1.165, 1.54) is 6.21 Å². The summed E-state index contributed by atoms with van der Waals surface area (Å²) in [6, 6.07) is 9.75. The summed E-state index contributed by atoms with van der Waals surface area (Å²) in [5.74, 6) is 0. The summed E-state index contributed by atoms with van der Waals surface area (Å²) in [5.41, 5.74) is 0.984. The molecule has 0 fully saturated rings. The summed E-state index contributed by atoms with van der Waals surface area (Å²) in [4.78, 5) is 11.8. The van der Waals surface area contributed by atoms with Gasteiger partial charge in [0.1, 0.15) is 5.69 Å². The largest absolute Gasteiger partial charge is 0.296 e. The van der Waals surface area contributed by atoms with Gasteiger partial charge in [0.05, 0.1) is 6.21 Å². The Labute approximate surface area is 128 Å². The molecule has 2 aromatic rings. The molecule has 0 saturated carbocycles. The minimum Gasteiger partial charge on any atom is -0.265 e. The number of aryl methyl sites for hydroxylation is 1. The molecule has 0 unspecified atom stereocenters. The van der Waals surface area contributed by atoms with Crippen molar-refractivity contribution < 1.29 is 0 Å². The van der Waals surface area contributed by atoms with E-state index in [1.807, 2.05) is 36.4 Å². The molecule has 0 bridgehead atoms. The van der Waals surface area contributed by atoms with E-state index in [1.54, 1.807) is 6.92 Å². The van der Waals surface area contributed by atoms with Crippen LogP contribution in [0.25, 0.3) is 6.08 Å². The fourth-order valence-corrected chi connectivity index (χ4v) is 1.97. The summed E-state index contributed by atoms with van der Waals surface area (Å²) >= 11 is 8.35. The first kappa shape index (κ1) is 14.5. The zero-order valence-corrected chi connectivity index (χ0v) is 13.0. The number of nitrogens with zero attached hydrogens (tertiary/aromatic N) is 3. The molecule has 2 rings (SSSR count). The van der Waals surface area contributed by atoms with Crippen LogP contribution in [-0.2, 0) is 0 Å². The third kappa shape index (κ3) is 3.58. The number of rotatable bonds is 3. The van der Waals surface area contributed by atoms with E-state index in [4.69, 9.17) is 12.2 Å². The van der Waals surface area contributed by atoms with Gasteiger partial charge in [0.2, 0.25) is 4.77 Å². The highest BCUT2D eigenvalue weighted by Gasteiger charge is 2.00. The Morgan fingerprint density at radius 1 is 1.45 bits per heavy atom. The molecule has 0 aliphatic heterocycles. The predicted octanol–water partition coefficient (Wildman–Crippen LogP) is 2.88. The first-order chi connectivity index (χ1) is 9.58. The molecule has 0 amide bonds. The average Bonchev–Trinajstić information content (AvgIpc) is 2.44. The molecule has 1 heterocycles. The van der Waals surface area contributed by atoms with Gasteiger partial charge in [0, 0.05) is 4.48 Å². The molecule has 5 nitrogen and oxygen atoms in total. The van der Waals surface area contributed by atoms with Crippen molar-refractivity contribution in [3.8, 4) is 0 Å². The van der Waals surface area contributed by atoms with Crippen molar-refractivity contribution in [2.45, 2.75) is 6.92 Å². The lowest BCUT2D eigenvalue weighted by molar-refractivity contribution is 0.721. The SMILES string of the molecule is Cc1n[nH]c(=S)n(/N=C\C(Br)=C\c2ccccc2)c1=O. The number of allylic oxidation sites excluding steroid dienone is 1. The lowest BCUT2D eigenvalue weighted by atomic mass is 10.2. The van der Waals surface area contributed by atoms with Crippen LogP contribution in [0.15, 0.2) is 44.7 Å². The first-order valence-corrected chi connectivity index (χ1v) is 6.93. The third-order valence-corrected chi connectivity index (χ3v) is 3.11. The molecule has 0 spiro atoms. The van der Waals surface area contributed by atoms with E-state index in [2.05, 4.69) is 31.2 Å². The number of aromatic nitrogens is 3. The van der Waals surface area contributed by atoms with Gasteiger partial charge in [0.25, 0.3) is 5.56 Å². The van der Waals surface area contributed by atoms with Crippen molar-refractivity contribution >= 4 is 40.4 Å². The number of H-pyrrole nitrogens is 1. The van der Waals surface area contributed by atoms with Gasteiger partial charge in [-0.15, -0.1) is 0 Å². The van der Waals surface area contributed by atoms with Crippen molar-refractivity contribution in [2.24, 2.45) is 5.10 Å². The summed E-state index contributed by atoms with van der Waals surface area (Å²) in [7, 11) is 0. The molecule has 0 radical (unpaired) electrons. The number of hydrogen-bond donors (Lipinski definition) is 1. The molecule has 0 aliphatic carbocycles. The molecule has 7 heteroatoms. The maximum absolute atomic E-state index is 11.8. The average molecular weight is 351 g/mol. The highest BCUT2D eigenvalue weighted by Crippen LogP contribution is 2.09. The van der Waals surface area contributed by atoms with E-state index >= 15 is 0 Å². The predicted molar refractivity (Wildman–Crippen MR) is 85.7 cm³/mol. The minimum atomic E-state index is -0.343. The van der Waals surface area contributed by atoms with E-state index < -0.39 is 0 Å². The second-order valence-electron chi connectivity index (χ2n) is 3.92. The summed E-state index contributed by atoms with van der Waals surface area (Å²) in [6.45, 7) is 1.59. The van der Waals surface area contributed by atoms with E-state index in [0.717, 1.165) is 14.7 Å². The highest BCUT2D eigenvalue weighted by atomic mass is 79.9. The first-order valence-electron chi connectivity index (χ1n) is 5.73. The van der Waals surface area contributed by atoms with Gasteiger partial charge in [-0.05, 0) is 46.7 Å². The lowest BCUT2D eigenvalue weighted by Gasteiger charge is -1.98. The topological polar surface area (TPSA) is 63.0 Å². The smallest absolute Gasteiger partial charge is 0.265 e. The molecular weight excluding hydrogens is 340 g/mol. The van der Waals surface area contributed by atoms with Crippen molar-refractivity contribution in [3.05, 3.63) is 61.2 Å². The van der Waals surface area contributed by atoms with Crippen LogP contribution in [-0.4, -0.2) is 21.1 Å². The zero-order valence-electron chi connectivity index (χ0n) is 10.6. The number of aromatic amines is 1. The monoisotopic (exact) mass is 350 g/mol. The minimum absolute atomic E-state index is 0.150. The summed E-state index contributed by atoms with van der Waals surface area (Å²) in [5, 5.41) is 10.4. The van der Waals surface area contributed by atoms with Gasteiger partial charge in [0.15, 0.2) is 0 Å². The van der Waals surface area contributed by atoms with Gasteiger partial charge < -0.3 is 0 Å². The van der Waals surface area contributed by atoms with Crippen LogP contribution in [0.4, 0.5) is 0 Å². The third-order valence-electron chi connectivity index (χ3n) is 2.41. The van der Waals surface area contributed by atoms with Crippen molar-refractivity contribution in [1.29, 1.82) is 0 Å². The van der Waals surface area contributed by atoms with Crippen molar-refractivity contribution in [3.63, 3.8) is 0 Å². The van der Waals surface area contributed by atoms with E-state index in [0.29, 0.717) is 5.69 Å². The van der Waals surface area contributed by atoms with Crippen LogP contribution in [0.2, 0.25) is 0 Å². The molecule has 1 aromatic carbocycles. The second-order valence-corrected chi connectivity index (χ2v) is 5.22. The van der Waals surface area contributed by atoms with Crippen molar-refractivity contribution in [1.82, 2.24) is 14.9 Å². The molecule has 1 N–H and O–H groups in total. The van der Waals surface area contributed by atoms with Crippen LogP contribution in [0.5, 0.6) is 0 Å². The normalized spacial score (nSPS) is 12.0. The Balaban J connectivity index is 2.31. The van der Waals surface area contributed by atoms with Crippen LogP contribution in [0.1, 0.15) is 11.3 Å². The Morgan fingerprint density at radius 2 is 2.15 bits per heavy atom. The fraction of sp³-hybridized carbons (Fsp3) is 0.0769. The highest BCUT2D eigenvalue weighted by molar-refractivity contribution is 9.12. The number of nitrogens with one attached hydrogen (secondary N) is 1. The Bertz CT molecular complexity index is 777. The molecular formula is C13H11BrN4OS. The molecule has 0 saturated heterocycles. The van der Waals surface area contributed by atoms with Crippen LogP contribution in [0.3, 0.4) is 0 Å². The Hall–Kier alpha value is -1.86. The fourth-order valence-electron chi connectivity index (χ4n) is 1.44. The Morgan fingerprint density at radius 3 is 2.85 bits per heavy atom. The van der Waals surface area contributed by atoms with Crippen LogP contribution in [0, 0.1) is 11.7 Å². The molecule has 20 heavy (non-hydrogen) atoms. The number of benzene rings is 1. The number of halogens is 1. The van der Waals surface area contributed by atoms with E-state index in [-0.39, 0.29) is 10.3 Å². The molecule has 0 aliphatic rings. The van der Waals surface area contributed by atoms with Crippen LogP contribution >= 0.6 is 28.1 Å². The van der Waals surface area contributed by atoms with Gasteiger partial charge >= 0.3 is 0 Å². The summed E-state index contributed by atoms with van der Waals surface area (Å²) in [6.07, 6.45) is 3.40. The molecule has 0 atom stereocenters. The van der Waals surface area contributed by atoms with Gasteiger partial charge in [-0.3, -0.25) is 9.89 Å². The number of hydrogen-bond acceptors (Lipinski definition) is 4. The Kier molecular flexibility index (Phi) is 4.75. The molecule has 102 valence electrons. The summed E-state index contributed by atoms with van der Waals surface area (Å²) < 4.78 is 1.97. The quantitative estimate of drug-likeness (QED) is 0.683. The lowest BCUT2D eigenvalue weighted by Crippen LogP contribution is -2.22. The maximum Gasteiger partial charge on any atom is 0.296 e. The van der Waals surface area contributed by atoms with Crippen LogP contribution < -0.4 is 5.56 Å². The maximum atomic E-state index is 11.8. The second kappa shape index (κ2) is 6.53. The van der Waals surface area contributed by atoms with Gasteiger partial charge in [-0.25, -0.2) is 0 Å². The zero-order chi connectivity index (χ0) is 14.5.